The number of hydrogen-bond donors (Lipinski definition) is 2. The Bertz CT molecular complexity index is 1080. The number of carbonyl (C=O) groups excluding carboxylic acids is 2. The van der Waals surface area contributed by atoms with E-state index in [1.54, 1.807) is 13.4 Å². The third-order valence-electron chi connectivity index (χ3n) is 12.5. The lowest BCUT2D eigenvalue weighted by Crippen LogP contribution is -2.62. The van der Waals surface area contributed by atoms with Gasteiger partial charge in [-0.15, -0.1) is 0 Å². The molecule has 13 atom stereocenters. The summed E-state index contributed by atoms with van der Waals surface area (Å²) in [5.41, 5.74) is -0.559. The quantitative estimate of drug-likeness (QED) is 0.369. The van der Waals surface area contributed by atoms with Gasteiger partial charge in [-0.2, -0.15) is 0 Å². The van der Waals surface area contributed by atoms with Crippen LogP contribution in [0.15, 0.2) is 11.8 Å². The first kappa shape index (κ1) is 29.5. The SMILES string of the molecule is CO[C@H]1C[C@H](O[C@H]2CC[C@@]3(C)[C@H](CC[C@@H]4[C@@H]3CC[C@]3(C)[C@@H](C5=COC(=O)C5)[C@@H](OC(C)=O)C[C@]43O)C2)O[C@@H](C)[C@@H]1O. The smallest absolute Gasteiger partial charge is 0.314 e. The van der Waals surface area contributed by atoms with Crippen molar-refractivity contribution in [3.8, 4) is 0 Å². The highest BCUT2D eigenvalue weighted by Crippen LogP contribution is 2.70. The summed E-state index contributed by atoms with van der Waals surface area (Å²) in [6.45, 7) is 7.85. The highest BCUT2D eigenvalue weighted by atomic mass is 16.7. The largest absolute Gasteiger partial charge is 0.462 e. The lowest BCUT2D eigenvalue weighted by molar-refractivity contribution is -0.273. The first-order valence-electron chi connectivity index (χ1n) is 15.7. The van der Waals surface area contributed by atoms with Gasteiger partial charge in [0, 0.05) is 38.2 Å². The fraction of sp³-hybridized carbons (Fsp3) is 0.875. The third-order valence-corrected chi connectivity index (χ3v) is 12.5. The molecule has 0 aromatic rings. The predicted octanol–water partition coefficient (Wildman–Crippen LogP) is 4.03. The Balaban J connectivity index is 1.19. The van der Waals surface area contributed by atoms with Gasteiger partial charge in [0.2, 0.25) is 0 Å². The van der Waals surface area contributed by atoms with E-state index in [1.165, 1.54) is 6.92 Å². The van der Waals surface area contributed by atoms with E-state index in [4.69, 9.17) is 23.7 Å². The summed E-state index contributed by atoms with van der Waals surface area (Å²) in [5, 5.41) is 23.0. The van der Waals surface area contributed by atoms with Gasteiger partial charge in [-0.05, 0) is 80.6 Å². The van der Waals surface area contributed by atoms with E-state index < -0.39 is 23.2 Å². The summed E-state index contributed by atoms with van der Waals surface area (Å²) in [6.07, 6.45) is 7.32. The zero-order valence-electron chi connectivity index (χ0n) is 25.2. The van der Waals surface area contributed by atoms with E-state index in [0.717, 1.165) is 50.5 Å². The van der Waals surface area contributed by atoms with Crippen LogP contribution in [0.1, 0.15) is 91.9 Å². The molecule has 0 aromatic heterocycles. The van der Waals surface area contributed by atoms with Crippen molar-refractivity contribution >= 4 is 11.9 Å². The van der Waals surface area contributed by atoms with Gasteiger partial charge in [-0.1, -0.05) is 13.8 Å². The van der Waals surface area contributed by atoms with E-state index in [-0.39, 0.29) is 60.2 Å². The molecule has 6 aliphatic rings. The molecule has 9 nitrogen and oxygen atoms in total. The van der Waals surface area contributed by atoms with Crippen molar-refractivity contribution in [3.63, 3.8) is 0 Å². The molecule has 0 radical (unpaired) electrons. The fourth-order valence-electron chi connectivity index (χ4n) is 10.4. The van der Waals surface area contributed by atoms with Crippen LogP contribution in [0.3, 0.4) is 0 Å². The molecule has 0 unspecified atom stereocenters. The lowest BCUT2D eigenvalue weighted by atomic mass is 9.43. The summed E-state index contributed by atoms with van der Waals surface area (Å²) in [4.78, 5) is 24.2. The van der Waals surface area contributed by atoms with E-state index >= 15 is 0 Å². The van der Waals surface area contributed by atoms with Crippen molar-refractivity contribution in [3.05, 3.63) is 11.8 Å². The van der Waals surface area contributed by atoms with E-state index in [0.29, 0.717) is 24.7 Å². The van der Waals surface area contributed by atoms with E-state index in [9.17, 15) is 19.8 Å². The number of cyclic esters (lactones) is 1. The maximum absolute atomic E-state index is 12.7. The molecule has 9 heteroatoms. The minimum absolute atomic E-state index is 0.0898. The molecule has 0 aromatic carbocycles. The molecule has 6 rings (SSSR count). The molecule has 4 saturated carbocycles. The highest BCUT2D eigenvalue weighted by Gasteiger charge is 2.71. The zero-order valence-corrected chi connectivity index (χ0v) is 25.2. The number of carbonyl (C=O) groups is 2. The average molecular weight is 577 g/mol. The number of aliphatic hydroxyl groups excluding tert-OH is 1. The monoisotopic (exact) mass is 576 g/mol. The Kier molecular flexibility index (Phi) is 7.62. The average Bonchev–Trinajstić information content (AvgIpc) is 3.42. The Morgan fingerprint density at radius 2 is 1.85 bits per heavy atom. The molecule has 0 spiro atoms. The number of esters is 2. The summed E-state index contributed by atoms with van der Waals surface area (Å²) in [7, 11) is 1.62. The molecule has 2 aliphatic heterocycles. The van der Waals surface area contributed by atoms with Crippen LogP contribution in [-0.4, -0.2) is 71.7 Å². The van der Waals surface area contributed by atoms with Crippen molar-refractivity contribution in [2.75, 3.05) is 7.11 Å². The van der Waals surface area contributed by atoms with E-state index in [2.05, 4.69) is 13.8 Å². The van der Waals surface area contributed by atoms with Gasteiger partial charge in [-0.25, -0.2) is 0 Å². The van der Waals surface area contributed by atoms with Crippen LogP contribution in [0.4, 0.5) is 0 Å². The lowest BCUT2D eigenvalue weighted by Gasteiger charge is -2.63. The normalized spacial score (nSPS) is 51.2. The van der Waals surface area contributed by atoms with Crippen LogP contribution in [0.5, 0.6) is 0 Å². The van der Waals surface area contributed by atoms with Crippen molar-refractivity contribution in [1.82, 2.24) is 0 Å². The summed E-state index contributed by atoms with van der Waals surface area (Å²) in [5.74, 6) is 0.0869. The van der Waals surface area contributed by atoms with Gasteiger partial charge < -0.3 is 33.9 Å². The molecular weight excluding hydrogens is 528 g/mol. The maximum atomic E-state index is 12.7. The van der Waals surface area contributed by atoms with Crippen molar-refractivity contribution in [1.29, 1.82) is 0 Å². The molecule has 0 amide bonds. The summed E-state index contributed by atoms with van der Waals surface area (Å²) >= 11 is 0. The van der Waals surface area contributed by atoms with Gasteiger partial charge >= 0.3 is 11.9 Å². The number of rotatable bonds is 5. The van der Waals surface area contributed by atoms with Crippen LogP contribution in [0, 0.1) is 34.5 Å². The summed E-state index contributed by atoms with van der Waals surface area (Å²) < 4.78 is 29.0. The number of ether oxygens (including phenoxy) is 5. The van der Waals surface area contributed by atoms with Crippen LogP contribution < -0.4 is 0 Å². The third kappa shape index (κ3) is 4.69. The molecule has 41 heavy (non-hydrogen) atoms. The molecule has 230 valence electrons. The minimum atomic E-state index is -0.990. The molecule has 1 saturated heterocycles. The standard InChI is InChI=1S/C32H48O9/c1-17-29(35)24(37-5)14-27(39-17)41-21-8-10-30(3)20(13-21)6-7-23-22(30)9-11-31(4)28(19-12-26(34)38-16-19)25(40-18(2)33)15-32(23,31)36/h16-17,20-25,27-29,35-36H,6-15H2,1-5H3/t17-,20+,21-,22-,23+,24-,25-,27-,28-,29-,30-,31+,32-/m0/s1. The molecule has 2 heterocycles. The molecule has 5 fully saturated rings. The van der Waals surface area contributed by atoms with Gasteiger partial charge in [0.1, 0.15) is 12.2 Å². The van der Waals surface area contributed by atoms with Gasteiger partial charge in [0.15, 0.2) is 6.29 Å². The van der Waals surface area contributed by atoms with Crippen molar-refractivity contribution < 1.29 is 43.5 Å². The fourth-order valence-corrected chi connectivity index (χ4v) is 10.4. The van der Waals surface area contributed by atoms with Crippen LogP contribution >= 0.6 is 0 Å². The number of aliphatic hydroxyl groups is 2. The molecule has 4 aliphatic carbocycles. The van der Waals surface area contributed by atoms with Crippen LogP contribution in [-0.2, 0) is 33.3 Å². The van der Waals surface area contributed by atoms with Gasteiger partial charge in [-0.3, -0.25) is 9.59 Å². The topological polar surface area (TPSA) is 121 Å². The first-order valence-corrected chi connectivity index (χ1v) is 15.7. The minimum Gasteiger partial charge on any atom is -0.462 e. The highest BCUT2D eigenvalue weighted by molar-refractivity contribution is 5.76. The van der Waals surface area contributed by atoms with Crippen molar-refractivity contribution in [2.45, 2.75) is 134 Å². The van der Waals surface area contributed by atoms with Crippen LogP contribution in [0.2, 0.25) is 0 Å². The Morgan fingerprint density at radius 1 is 1.07 bits per heavy atom. The Labute approximate surface area is 243 Å². The second-order valence-corrected chi connectivity index (χ2v) is 14.4. The van der Waals surface area contributed by atoms with Gasteiger partial charge in [0.25, 0.3) is 0 Å². The second kappa shape index (κ2) is 10.6. The predicted molar refractivity (Wildman–Crippen MR) is 147 cm³/mol. The molecular formula is C32H48O9. The zero-order chi connectivity index (χ0) is 29.3. The van der Waals surface area contributed by atoms with Crippen molar-refractivity contribution in [2.24, 2.45) is 34.5 Å². The molecule has 2 N–H and O–H groups in total. The maximum Gasteiger partial charge on any atom is 0.314 e. The number of hydrogen-bond acceptors (Lipinski definition) is 9. The van der Waals surface area contributed by atoms with E-state index in [1.807, 2.05) is 6.92 Å². The second-order valence-electron chi connectivity index (χ2n) is 14.4. The molecule has 0 bridgehead atoms. The van der Waals surface area contributed by atoms with Crippen LogP contribution in [0.25, 0.3) is 0 Å². The van der Waals surface area contributed by atoms with Gasteiger partial charge in [0.05, 0.1) is 36.6 Å². The Morgan fingerprint density at radius 3 is 2.54 bits per heavy atom. The number of methoxy groups -OCH3 is 1. The summed E-state index contributed by atoms with van der Waals surface area (Å²) in [6, 6.07) is 0. The Hall–Kier alpha value is -1.52. The first-order chi connectivity index (χ1) is 19.4. The number of fused-ring (bicyclic) bond motifs is 5.